The van der Waals surface area contributed by atoms with Crippen molar-refractivity contribution in [3.8, 4) is 0 Å². The lowest BCUT2D eigenvalue weighted by Crippen LogP contribution is -2.52. The summed E-state index contributed by atoms with van der Waals surface area (Å²) in [4.78, 5) is 39.3. The maximum atomic E-state index is 13.5. The van der Waals surface area contributed by atoms with Gasteiger partial charge in [-0.3, -0.25) is 14.4 Å². The van der Waals surface area contributed by atoms with E-state index in [0.717, 1.165) is 36.5 Å². The third kappa shape index (κ3) is 3.71. The molecule has 4 atom stereocenters. The fraction of sp³-hybridized carbons (Fsp3) is 0.435. The summed E-state index contributed by atoms with van der Waals surface area (Å²) in [5.41, 5.74) is 0.569. The quantitative estimate of drug-likeness (QED) is 0.834. The van der Waals surface area contributed by atoms with Crippen LogP contribution in [0.5, 0.6) is 0 Å². The molecule has 2 fully saturated rings. The highest BCUT2D eigenvalue weighted by atomic mass is 16.4. The molecule has 152 valence electrons. The van der Waals surface area contributed by atoms with E-state index in [9.17, 15) is 14.4 Å². The van der Waals surface area contributed by atoms with Crippen molar-refractivity contribution in [2.45, 2.75) is 57.2 Å². The van der Waals surface area contributed by atoms with Gasteiger partial charge in [0.25, 0.3) is 5.91 Å². The van der Waals surface area contributed by atoms with E-state index in [0.29, 0.717) is 17.9 Å². The first kappa shape index (κ1) is 19.4. The van der Waals surface area contributed by atoms with E-state index in [1.54, 1.807) is 4.90 Å². The Labute approximate surface area is 169 Å². The van der Waals surface area contributed by atoms with E-state index < -0.39 is 18.1 Å². The molecule has 1 aliphatic heterocycles. The smallest absolute Gasteiger partial charge is 0.325 e. The minimum Gasteiger partial charge on any atom is -0.480 e. The predicted molar refractivity (Wildman–Crippen MR) is 110 cm³/mol. The second kappa shape index (κ2) is 7.85. The number of carboxylic acids is 1. The van der Waals surface area contributed by atoms with E-state index in [1.165, 1.54) is 6.92 Å². The van der Waals surface area contributed by atoms with Crippen LogP contribution in [0.15, 0.2) is 42.5 Å². The van der Waals surface area contributed by atoms with Gasteiger partial charge >= 0.3 is 5.97 Å². The second-order valence-electron chi connectivity index (χ2n) is 8.21. The zero-order valence-corrected chi connectivity index (χ0v) is 16.5. The Balaban J connectivity index is 1.65. The van der Waals surface area contributed by atoms with Crippen molar-refractivity contribution in [3.05, 3.63) is 48.0 Å². The molecule has 3 unspecified atom stereocenters. The van der Waals surface area contributed by atoms with Crippen LogP contribution in [0.25, 0.3) is 10.8 Å². The van der Waals surface area contributed by atoms with Gasteiger partial charge in [0.15, 0.2) is 0 Å². The highest BCUT2D eigenvalue weighted by Gasteiger charge is 2.47. The van der Waals surface area contributed by atoms with Crippen LogP contribution in [0.3, 0.4) is 0 Å². The highest BCUT2D eigenvalue weighted by Crippen LogP contribution is 2.40. The number of fused-ring (bicyclic) bond motifs is 2. The number of amides is 2. The number of likely N-dealkylation sites (tertiary alicyclic amines) is 1. The third-order valence-corrected chi connectivity index (χ3v) is 6.35. The average Bonchev–Trinajstić information content (AvgIpc) is 3.12. The van der Waals surface area contributed by atoms with Crippen molar-refractivity contribution >= 4 is 28.6 Å². The number of rotatable bonds is 4. The Kier molecular flexibility index (Phi) is 5.26. The minimum absolute atomic E-state index is 0.0404. The molecule has 1 heterocycles. The fourth-order valence-electron chi connectivity index (χ4n) is 4.83. The van der Waals surface area contributed by atoms with Crippen LogP contribution in [-0.2, 0) is 9.59 Å². The molecule has 0 bridgehead atoms. The van der Waals surface area contributed by atoms with Gasteiger partial charge in [0.1, 0.15) is 12.1 Å². The van der Waals surface area contributed by atoms with Crippen LogP contribution in [0, 0.1) is 5.92 Å². The van der Waals surface area contributed by atoms with Crippen molar-refractivity contribution in [1.82, 2.24) is 10.2 Å². The highest BCUT2D eigenvalue weighted by molar-refractivity contribution is 6.01. The molecule has 6 heteroatoms. The first-order valence-electron chi connectivity index (χ1n) is 10.3. The van der Waals surface area contributed by atoms with Gasteiger partial charge in [-0.05, 0) is 55.0 Å². The minimum atomic E-state index is -1.08. The van der Waals surface area contributed by atoms with Crippen molar-refractivity contribution in [2.24, 2.45) is 5.92 Å². The van der Waals surface area contributed by atoms with Crippen molar-refractivity contribution in [1.29, 1.82) is 0 Å². The van der Waals surface area contributed by atoms with Crippen LogP contribution in [0.4, 0.5) is 0 Å². The molecular weight excluding hydrogens is 368 g/mol. The molecule has 6 nitrogen and oxygen atoms in total. The molecule has 2 amide bonds. The normalized spacial score (nSPS) is 24.7. The number of nitrogens with one attached hydrogen (secondary N) is 1. The lowest BCUT2D eigenvalue weighted by atomic mass is 9.84. The Morgan fingerprint density at radius 3 is 2.55 bits per heavy atom. The molecule has 2 aromatic carbocycles. The van der Waals surface area contributed by atoms with Gasteiger partial charge in [0.2, 0.25) is 5.91 Å². The fourth-order valence-corrected chi connectivity index (χ4v) is 4.83. The van der Waals surface area contributed by atoms with Gasteiger partial charge in [0.05, 0.1) is 0 Å². The van der Waals surface area contributed by atoms with Gasteiger partial charge < -0.3 is 15.3 Å². The molecule has 0 spiro atoms. The second-order valence-corrected chi connectivity index (χ2v) is 8.21. The van der Waals surface area contributed by atoms with E-state index >= 15 is 0 Å². The Morgan fingerprint density at radius 2 is 1.79 bits per heavy atom. The Bertz CT molecular complexity index is 957. The summed E-state index contributed by atoms with van der Waals surface area (Å²) in [5, 5.41) is 13.7. The van der Waals surface area contributed by atoms with Crippen LogP contribution in [0.1, 0.15) is 49.4 Å². The summed E-state index contributed by atoms with van der Waals surface area (Å²) in [6.45, 7) is 1.44. The molecular formula is C23H26N2O4. The number of hydrogen-bond donors (Lipinski definition) is 2. The van der Waals surface area contributed by atoms with Crippen molar-refractivity contribution in [3.63, 3.8) is 0 Å². The SMILES string of the molecule is C[C@H](NC(=O)C1CC2CCCCC2N1C(=O)c1ccc2ccccc2c1)C(=O)O. The number of benzene rings is 2. The summed E-state index contributed by atoms with van der Waals surface area (Å²) in [5.74, 6) is -1.30. The molecule has 2 aliphatic rings. The molecule has 29 heavy (non-hydrogen) atoms. The predicted octanol–water partition coefficient (Wildman–Crippen LogP) is 3.20. The molecule has 0 aromatic heterocycles. The Hall–Kier alpha value is -2.89. The van der Waals surface area contributed by atoms with Gasteiger partial charge in [-0.1, -0.05) is 43.2 Å². The largest absolute Gasteiger partial charge is 0.480 e. The zero-order valence-electron chi connectivity index (χ0n) is 16.5. The molecule has 0 radical (unpaired) electrons. The summed E-state index contributed by atoms with van der Waals surface area (Å²) in [6.07, 6.45) is 4.65. The van der Waals surface area contributed by atoms with Crippen LogP contribution >= 0.6 is 0 Å². The first-order chi connectivity index (χ1) is 14.0. The molecule has 4 rings (SSSR count). The van der Waals surface area contributed by atoms with Crippen molar-refractivity contribution in [2.75, 3.05) is 0 Å². The van der Waals surface area contributed by atoms with E-state index in [1.807, 2.05) is 42.5 Å². The summed E-state index contributed by atoms with van der Waals surface area (Å²) in [6, 6.07) is 11.9. The monoisotopic (exact) mass is 394 g/mol. The molecule has 2 aromatic rings. The summed E-state index contributed by atoms with van der Waals surface area (Å²) >= 11 is 0. The van der Waals surface area contributed by atoms with Gasteiger partial charge in [-0.15, -0.1) is 0 Å². The third-order valence-electron chi connectivity index (χ3n) is 6.35. The summed E-state index contributed by atoms with van der Waals surface area (Å²) < 4.78 is 0. The van der Waals surface area contributed by atoms with Crippen LogP contribution in [-0.4, -0.2) is 45.9 Å². The van der Waals surface area contributed by atoms with Crippen LogP contribution < -0.4 is 5.32 Å². The Morgan fingerprint density at radius 1 is 1.07 bits per heavy atom. The summed E-state index contributed by atoms with van der Waals surface area (Å²) in [7, 11) is 0. The van der Waals surface area contributed by atoms with Gasteiger partial charge in [0, 0.05) is 11.6 Å². The zero-order chi connectivity index (χ0) is 20.5. The van der Waals surface area contributed by atoms with E-state index in [4.69, 9.17) is 5.11 Å². The van der Waals surface area contributed by atoms with Gasteiger partial charge in [-0.25, -0.2) is 0 Å². The first-order valence-corrected chi connectivity index (χ1v) is 10.3. The number of hydrogen-bond acceptors (Lipinski definition) is 3. The molecule has 1 aliphatic carbocycles. The average molecular weight is 394 g/mol. The van der Waals surface area contributed by atoms with Crippen molar-refractivity contribution < 1.29 is 19.5 Å². The van der Waals surface area contributed by atoms with Crippen LogP contribution in [0.2, 0.25) is 0 Å². The maximum absolute atomic E-state index is 13.5. The van der Waals surface area contributed by atoms with E-state index in [2.05, 4.69) is 5.32 Å². The number of aliphatic carboxylic acids is 1. The lowest BCUT2D eigenvalue weighted by molar-refractivity contribution is -0.141. The number of carbonyl (C=O) groups is 3. The van der Waals surface area contributed by atoms with E-state index in [-0.39, 0.29) is 17.9 Å². The maximum Gasteiger partial charge on any atom is 0.325 e. The lowest BCUT2D eigenvalue weighted by Gasteiger charge is -2.34. The topological polar surface area (TPSA) is 86.7 Å². The molecule has 1 saturated carbocycles. The van der Waals surface area contributed by atoms with Gasteiger partial charge in [-0.2, -0.15) is 0 Å². The number of carboxylic acid groups (broad SMARTS) is 1. The number of carbonyl (C=O) groups excluding carboxylic acids is 2. The standard InChI is InChI=1S/C23H26N2O4/c1-14(23(28)29)24-21(26)20-13-17-8-4-5-9-19(17)25(20)22(27)18-11-10-15-6-2-3-7-16(15)12-18/h2-3,6-7,10-12,14,17,19-20H,4-5,8-9,13H2,1H3,(H,24,26)(H,28,29)/t14-,17?,19?,20?/m0/s1. The number of nitrogens with zero attached hydrogens (tertiary/aromatic N) is 1. The molecule has 2 N–H and O–H groups in total. The molecule has 1 saturated heterocycles.